The maximum absolute atomic E-state index is 13.9. The molecule has 8 nitrogen and oxygen atoms in total. The fourth-order valence-electron chi connectivity index (χ4n) is 6.59. The summed E-state index contributed by atoms with van der Waals surface area (Å²) >= 11 is 0. The van der Waals surface area contributed by atoms with E-state index in [1.54, 1.807) is 0 Å². The molecule has 3 amide bonds. The van der Waals surface area contributed by atoms with Crippen molar-refractivity contribution in [2.45, 2.75) is 18.0 Å². The SMILES string of the molecule is CN(C)c1ccc([C@H]2C[C@@H]3CNC[C@@]34C(=O)N(CCN3CCOCC3)C(=O)N24)c2ccccc12. The summed E-state index contributed by atoms with van der Waals surface area (Å²) in [7, 11) is 4.11. The molecule has 0 saturated carbocycles. The predicted molar refractivity (Wildman–Crippen MR) is 131 cm³/mol. The molecule has 2 aromatic carbocycles. The maximum atomic E-state index is 13.9. The van der Waals surface area contributed by atoms with Crippen LogP contribution in [-0.2, 0) is 9.53 Å². The number of hydrogen-bond donors (Lipinski definition) is 1. The summed E-state index contributed by atoms with van der Waals surface area (Å²) in [6.45, 7) is 5.58. The molecule has 4 saturated heterocycles. The van der Waals surface area contributed by atoms with E-state index < -0.39 is 5.54 Å². The van der Waals surface area contributed by atoms with Gasteiger partial charge in [0.05, 0.1) is 19.3 Å². The van der Waals surface area contributed by atoms with Gasteiger partial charge >= 0.3 is 6.03 Å². The molecule has 2 aromatic rings. The molecule has 1 N–H and O–H groups in total. The molecule has 4 aliphatic rings. The van der Waals surface area contributed by atoms with Crippen LogP contribution in [0.4, 0.5) is 10.5 Å². The van der Waals surface area contributed by atoms with E-state index in [9.17, 15) is 9.59 Å². The smallest absolute Gasteiger partial charge is 0.328 e. The lowest BCUT2D eigenvalue weighted by Crippen LogP contribution is -2.51. The van der Waals surface area contributed by atoms with E-state index in [0.29, 0.717) is 32.8 Å². The quantitative estimate of drug-likeness (QED) is 0.684. The van der Waals surface area contributed by atoms with Gasteiger partial charge < -0.3 is 19.9 Å². The van der Waals surface area contributed by atoms with Gasteiger partial charge in [-0.3, -0.25) is 14.6 Å². The minimum absolute atomic E-state index is 0.0162. The molecule has 6 rings (SSSR count). The zero-order valence-corrected chi connectivity index (χ0v) is 20.0. The van der Waals surface area contributed by atoms with Crippen molar-refractivity contribution in [1.82, 2.24) is 20.0 Å². The van der Waals surface area contributed by atoms with Crippen molar-refractivity contribution in [3.63, 3.8) is 0 Å². The second kappa shape index (κ2) is 8.22. The van der Waals surface area contributed by atoms with Crippen LogP contribution in [0.25, 0.3) is 10.8 Å². The molecule has 34 heavy (non-hydrogen) atoms. The number of ether oxygens (including phenoxy) is 1. The van der Waals surface area contributed by atoms with E-state index in [1.165, 1.54) is 10.3 Å². The Bertz CT molecular complexity index is 1130. The topological polar surface area (TPSA) is 68.4 Å². The van der Waals surface area contributed by atoms with Gasteiger partial charge in [0.1, 0.15) is 5.54 Å². The van der Waals surface area contributed by atoms with E-state index in [1.807, 2.05) is 4.90 Å². The molecule has 4 heterocycles. The highest BCUT2D eigenvalue weighted by Crippen LogP contribution is 2.54. The fourth-order valence-corrected chi connectivity index (χ4v) is 6.59. The van der Waals surface area contributed by atoms with Crippen LogP contribution >= 0.6 is 0 Å². The summed E-state index contributed by atoms with van der Waals surface area (Å²) in [6, 6.07) is 12.5. The van der Waals surface area contributed by atoms with Crippen LogP contribution in [0.1, 0.15) is 18.0 Å². The molecular formula is C26H33N5O3. The minimum atomic E-state index is -0.756. The number of benzene rings is 2. The Morgan fingerprint density at radius 1 is 1.06 bits per heavy atom. The highest BCUT2D eigenvalue weighted by atomic mass is 16.5. The van der Waals surface area contributed by atoms with Crippen LogP contribution in [0.3, 0.4) is 0 Å². The van der Waals surface area contributed by atoms with E-state index in [4.69, 9.17) is 4.74 Å². The first-order valence-corrected chi connectivity index (χ1v) is 12.4. The molecule has 0 aliphatic carbocycles. The lowest BCUT2D eigenvalue weighted by Gasteiger charge is -2.31. The number of amides is 3. The third-order valence-corrected chi connectivity index (χ3v) is 8.28. The molecule has 180 valence electrons. The van der Waals surface area contributed by atoms with Crippen LogP contribution < -0.4 is 10.2 Å². The van der Waals surface area contributed by atoms with Crippen LogP contribution in [0.2, 0.25) is 0 Å². The number of nitrogens with one attached hydrogen (secondary N) is 1. The Labute approximate surface area is 200 Å². The van der Waals surface area contributed by atoms with Gasteiger partial charge in [0, 0.05) is 70.4 Å². The number of carbonyl (C=O) groups is 2. The number of rotatable bonds is 5. The van der Waals surface area contributed by atoms with Gasteiger partial charge in [-0.25, -0.2) is 4.79 Å². The highest BCUT2D eigenvalue weighted by molar-refractivity contribution is 6.09. The lowest BCUT2D eigenvalue weighted by molar-refractivity contribution is -0.133. The van der Waals surface area contributed by atoms with Crippen molar-refractivity contribution in [3.05, 3.63) is 42.0 Å². The molecule has 8 heteroatoms. The number of morpholine rings is 1. The van der Waals surface area contributed by atoms with Gasteiger partial charge in [-0.05, 0) is 23.4 Å². The number of hydrogen-bond acceptors (Lipinski definition) is 6. The molecule has 0 radical (unpaired) electrons. The zero-order valence-electron chi connectivity index (χ0n) is 20.0. The van der Waals surface area contributed by atoms with Crippen LogP contribution in [0, 0.1) is 5.92 Å². The molecule has 0 bridgehead atoms. The van der Waals surface area contributed by atoms with Gasteiger partial charge in [-0.15, -0.1) is 0 Å². The monoisotopic (exact) mass is 463 g/mol. The Kier molecular flexibility index (Phi) is 5.28. The average Bonchev–Trinajstić information content (AvgIpc) is 3.46. The van der Waals surface area contributed by atoms with Crippen molar-refractivity contribution < 1.29 is 14.3 Å². The lowest BCUT2D eigenvalue weighted by atomic mass is 9.87. The van der Waals surface area contributed by atoms with Gasteiger partial charge in [-0.2, -0.15) is 0 Å². The number of imide groups is 1. The first-order valence-electron chi connectivity index (χ1n) is 12.4. The number of anilines is 1. The molecular weight excluding hydrogens is 430 g/mol. The number of carbonyl (C=O) groups excluding carboxylic acids is 2. The number of urea groups is 1. The van der Waals surface area contributed by atoms with E-state index >= 15 is 0 Å². The van der Waals surface area contributed by atoms with Gasteiger partial charge in [0.2, 0.25) is 0 Å². The first kappa shape index (κ1) is 21.8. The van der Waals surface area contributed by atoms with E-state index in [0.717, 1.165) is 42.7 Å². The highest BCUT2D eigenvalue weighted by Gasteiger charge is 2.68. The summed E-state index contributed by atoms with van der Waals surface area (Å²) in [4.78, 5) is 35.6. The zero-order chi connectivity index (χ0) is 23.4. The fraction of sp³-hybridized carbons (Fsp3) is 0.538. The van der Waals surface area contributed by atoms with E-state index in [-0.39, 0.29) is 23.9 Å². The summed E-state index contributed by atoms with van der Waals surface area (Å²) in [6.07, 6.45) is 0.813. The minimum Gasteiger partial charge on any atom is -0.379 e. The molecule has 3 atom stereocenters. The molecule has 0 aromatic heterocycles. The van der Waals surface area contributed by atoms with E-state index in [2.05, 4.69) is 65.6 Å². The second-order valence-electron chi connectivity index (χ2n) is 10.2. The molecule has 1 spiro atoms. The number of fused-ring (bicyclic) bond motifs is 1. The molecule has 4 aliphatic heterocycles. The number of nitrogens with zero attached hydrogens (tertiary/aromatic N) is 4. The maximum Gasteiger partial charge on any atom is 0.328 e. The third kappa shape index (κ3) is 3.08. The van der Waals surface area contributed by atoms with Crippen LogP contribution in [-0.4, -0.2) is 98.8 Å². The van der Waals surface area contributed by atoms with Gasteiger partial charge in [-0.1, -0.05) is 30.3 Å². The van der Waals surface area contributed by atoms with Crippen molar-refractivity contribution in [2.24, 2.45) is 5.92 Å². The average molecular weight is 464 g/mol. The van der Waals surface area contributed by atoms with Crippen molar-refractivity contribution in [2.75, 3.05) is 71.5 Å². The Morgan fingerprint density at radius 3 is 2.59 bits per heavy atom. The summed E-state index contributed by atoms with van der Waals surface area (Å²) in [5, 5.41) is 5.76. The largest absolute Gasteiger partial charge is 0.379 e. The van der Waals surface area contributed by atoms with Crippen molar-refractivity contribution in [1.29, 1.82) is 0 Å². The Morgan fingerprint density at radius 2 is 1.82 bits per heavy atom. The Balaban J connectivity index is 1.36. The summed E-state index contributed by atoms with van der Waals surface area (Å²) < 4.78 is 5.44. The van der Waals surface area contributed by atoms with Crippen LogP contribution in [0.5, 0.6) is 0 Å². The van der Waals surface area contributed by atoms with Gasteiger partial charge in [0.15, 0.2) is 0 Å². The first-order chi connectivity index (χ1) is 16.5. The summed E-state index contributed by atoms with van der Waals surface area (Å²) in [5.74, 6) is 0.118. The predicted octanol–water partition coefficient (Wildman–Crippen LogP) is 1.91. The van der Waals surface area contributed by atoms with Crippen molar-refractivity contribution >= 4 is 28.4 Å². The van der Waals surface area contributed by atoms with Crippen molar-refractivity contribution in [3.8, 4) is 0 Å². The molecule has 4 fully saturated rings. The standard InChI is InChI=1S/C26H33N5O3/c1-28(2)22-8-7-21(19-5-3-4-6-20(19)22)23-15-18-16-27-17-26(18)24(32)30(25(33)31(23)26)10-9-29-11-13-34-14-12-29/h3-8,18,23,27H,9-17H2,1-2H3/t18-,23-,26+/m1/s1. The second-order valence-corrected chi connectivity index (χ2v) is 10.2. The third-order valence-electron chi connectivity index (χ3n) is 8.28. The Hall–Kier alpha value is -2.68. The normalized spacial score (nSPS) is 29.2. The van der Waals surface area contributed by atoms with Crippen LogP contribution in [0.15, 0.2) is 36.4 Å². The molecule has 0 unspecified atom stereocenters. The summed E-state index contributed by atoms with van der Waals surface area (Å²) in [5.41, 5.74) is 1.55. The van der Waals surface area contributed by atoms with Gasteiger partial charge in [0.25, 0.3) is 5.91 Å².